The van der Waals surface area contributed by atoms with Crippen LogP contribution in [0.25, 0.3) is 0 Å². The lowest BCUT2D eigenvalue weighted by Gasteiger charge is -2.43. The predicted octanol–water partition coefficient (Wildman–Crippen LogP) is 3.15. The number of likely N-dealkylation sites (tertiary alicyclic amines) is 1. The zero-order chi connectivity index (χ0) is 34.8. The Morgan fingerprint density at radius 2 is 1.69 bits per heavy atom. The van der Waals surface area contributed by atoms with Crippen LogP contribution in [-0.4, -0.2) is 106 Å². The number of piperidine rings is 1. The Hall–Kier alpha value is -4.71. The number of piperazine rings is 1. The van der Waals surface area contributed by atoms with Crippen LogP contribution < -0.4 is 19.1 Å². The van der Waals surface area contributed by atoms with Gasteiger partial charge in [-0.15, -0.1) is 0 Å². The van der Waals surface area contributed by atoms with Crippen molar-refractivity contribution in [3.63, 3.8) is 0 Å². The smallest absolute Gasteiger partial charge is 0.318 e. The minimum atomic E-state index is -4.62. The van der Waals surface area contributed by atoms with Crippen molar-refractivity contribution in [2.75, 3.05) is 63.8 Å². The number of hydrogen-bond donors (Lipinski definition) is 1. The Morgan fingerprint density at radius 1 is 0.980 bits per heavy atom. The molecule has 0 spiro atoms. The number of amides is 3. The standard InChI is InChI=1S/C35H41N7O6S/c1-4-47-30-10-6-7-11-31(30)49(45,46)42-29-13-12-25(24-36)23-28(29)35(33(42)43,27-9-8-16-37-32(27)48-5-2)38-34(44)41-21-19-40(20-22-41)26-14-17-39(3)18-15-26/h6-13,16,23,26H,4-5,14-15,17-22H2,1-3H3,(H,38,44). The van der Waals surface area contributed by atoms with E-state index in [1.165, 1.54) is 36.5 Å². The first kappa shape index (κ1) is 34.2. The molecule has 2 saturated heterocycles. The lowest BCUT2D eigenvalue weighted by molar-refractivity contribution is -0.121. The van der Waals surface area contributed by atoms with Crippen LogP contribution in [0.5, 0.6) is 11.6 Å². The highest BCUT2D eigenvalue weighted by molar-refractivity contribution is 7.93. The van der Waals surface area contributed by atoms with Crippen LogP contribution in [0, 0.1) is 11.3 Å². The zero-order valence-electron chi connectivity index (χ0n) is 28.0. The van der Waals surface area contributed by atoms with Crippen LogP contribution in [0.3, 0.4) is 0 Å². The Morgan fingerprint density at radius 3 is 2.39 bits per heavy atom. The first-order chi connectivity index (χ1) is 23.6. The van der Waals surface area contributed by atoms with E-state index in [0.717, 1.165) is 25.9 Å². The van der Waals surface area contributed by atoms with Crippen LogP contribution >= 0.6 is 0 Å². The lowest BCUT2D eigenvalue weighted by atomic mass is 9.83. The van der Waals surface area contributed by atoms with Crippen LogP contribution in [0.15, 0.2) is 65.7 Å². The summed E-state index contributed by atoms with van der Waals surface area (Å²) >= 11 is 0. The van der Waals surface area contributed by atoms with Crippen molar-refractivity contribution in [1.82, 2.24) is 25.0 Å². The molecule has 0 saturated carbocycles. The largest absolute Gasteiger partial charge is 0.492 e. The van der Waals surface area contributed by atoms with Crippen LogP contribution in [0.4, 0.5) is 10.5 Å². The minimum absolute atomic E-state index is 0.00557. The van der Waals surface area contributed by atoms with Crippen LogP contribution in [0.1, 0.15) is 43.4 Å². The Balaban J connectivity index is 1.45. The van der Waals surface area contributed by atoms with E-state index in [1.807, 2.05) is 0 Å². The molecule has 1 aromatic heterocycles. The number of carbonyl (C=O) groups excluding carboxylic acids is 2. The van der Waals surface area contributed by atoms with Gasteiger partial charge in [-0.3, -0.25) is 9.69 Å². The number of hydrogen-bond acceptors (Lipinski definition) is 10. The molecule has 0 radical (unpaired) electrons. The molecule has 258 valence electrons. The van der Waals surface area contributed by atoms with E-state index in [1.54, 1.807) is 43.0 Å². The number of pyridine rings is 1. The van der Waals surface area contributed by atoms with Crippen molar-refractivity contribution in [1.29, 1.82) is 5.26 Å². The van der Waals surface area contributed by atoms with E-state index < -0.39 is 27.5 Å². The van der Waals surface area contributed by atoms with Gasteiger partial charge in [0, 0.05) is 44.0 Å². The number of rotatable bonds is 9. The SMILES string of the molecule is CCOc1ccccc1S(=O)(=O)N1C(=O)C(NC(=O)N2CCN(C3CCN(C)CC3)CC2)(c2cccnc2OCC)c2cc(C#N)ccc21. The number of carbonyl (C=O) groups is 2. The molecule has 4 heterocycles. The van der Waals surface area contributed by atoms with Gasteiger partial charge < -0.3 is 24.6 Å². The second-order valence-electron chi connectivity index (χ2n) is 12.3. The summed E-state index contributed by atoms with van der Waals surface area (Å²) in [6.45, 7) is 8.11. The number of nitrogens with zero attached hydrogens (tertiary/aromatic N) is 6. The van der Waals surface area contributed by atoms with Gasteiger partial charge in [0.1, 0.15) is 10.6 Å². The van der Waals surface area contributed by atoms with Gasteiger partial charge in [-0.25, -0.2) is 18.2 Å². The lowest BCUT2D eigenvalue weighted by Crippen LogP contribution is -2.61. The Bertz CT molecular complexity index is 1870. The molecule has 2 fully saturated rings. The average molecular weight is 688 g/mol. The van der Waals surface area contributed by atoms with Gasteiger partial charge in [-0.1, -0.05) is 12.1 Å². The van der Waals surface area contributed by atoms with E-state index in [0.29, 0.717) is 36.5 Å². The molecule has 3 amide bonds. The van der Waals surface area contributed by atoms with Gasteiger partial charge in [-0.05, 0) is 89.3 Å². The molecule has 2 aromatic carbocycles. The number of sulfonamides is 1. The van der Waals surface area contributed by atoms with Gasteiger partial charge in [0.05, 0.1) is 36.1 Å². The van der Waals surface area contributed by atoms with Gasteiger partial charge in [0.25, 0.3) is 15.9 Å². The van der Waals surface area contributed by atoms with Gasteiger partial charge in [-0.2, -0.15) is 9.57 Å². The quantitative estimate of drug-likeness (QED) is 0.356. The first-order valence-electron chi connectivity index (χ1n) is 16.6. The number of anilines is 1. The molecule has 3 aliphatic heterocycles. The second kappa shape index (κ2) is 14.0. The highest BCUT2D eigenvalue weighted by Crippen LogP contribution is 2.49. The van der Waals surface area contributed by atoms with Crippen molar-refractivity contribution >= 4 is 27.6 Å². The minimum Gasteiger partial charge on any atom is -0.492 e. The maximum atomic E-state index is 15.1. The van der Waals surface area contributed by atoms with Crippen molar-refractivity contribution in [2.24, 2.45) is 0 Å². The number of ether oxygens (including phenoxy) is 2. The topological polar surface area (TPSA) is 148 Å². The number of nitrogens with one attached hydrogen (secondary N) is 1. The van der Waals surface area contributed by atoms with Gasteiger partial charge >= 0.3 is 6.03 Å². The number of aromatic nitrogens is 1. The molecule has 0 bridgehead atoms. The fourth-order valence-electron chi connectivity index (χ4n) is 7.00. The predicted molar refractivity (Wildman–Crippen MR) is 182 cm³/mol. The zero-order valence-corrected chi connectivity index (χ0v) is 28.8. The molecule has 14 heteroatoms. The molecular weight excluding hydrogens is 646 g/mol. The van der Waals surface area contributed by atoms with E-state index >= 15 is 4.79 Å². The summed E-state index contributed by atoms with van der Waals surface area (Å²) in [4.78, 5) is 40.0. The molecule has 1 unspecified atom stereocenters. The molecule has 0 aliphatic carbocycles. The normalized spacial score (nSPS) is 20.5. The van der Waals surface area contributed by atoms with E-state index in [2.05, 4.69) is 33.2 Å². The molecule has 49 heavy (non-hydrogen) atoms. The number of benzene rings is 2. The highest BCUT2D eigenvalue weighted by Gasteiger charge is 2.59. The third-order valence-corrected chi connectivity index (χ3v) is 11.2. The summed E-state index contributed by atoms with van der Waals surface area (Å²) in [7, 11) is -2.50. The number of nitriles is 1. The van der Waals surface area contributed by atoms with Crippen molar-refractivity contribution in [3.05, 3.63) is 77.5 Å². The number of urea groups is 1. The van der Waals surface area contributed by atoms with Crippen molar-refractivity contribution < 1.29 is 27.5 Å². The van der Waals surface area contributed by atoms with E-state index in [4.69, 9.17) is 9.47 Å². The Kier molecular flexibility index (Phi) is 9.78. The molecule has 3 aliphatic rings. The third kappa shape index (κ3) is 6.18. The van der Waals surface area contributed by atoms with E-state index in [9.17, 15) is 18.5 Å². The summed E-state index contributed by atoms with van der Waals surface area (Å²) < 4.78 is 41.4. The fraction of sp³-hybridized carbons (Fsp3) is 0.429. The Labute approximate surface area is 287 Å². The molecule has 3 aromatic rings. The molecule has 13 nitrogen and oxygen atoms in total. The highest BCUT2D eigenvalue weighted by atomic mass is 32.2. The van der Waals surface area contributed by atoms with Gasteiger partial charge in [0.2, 0.25) is 5.88 Å². The maximum absolute atomic E-state index is 15.1. The van der Waals surface area contributed by atoms with Crippen LogP contribution in [-0.2, 0) is 20.4 Å². The fourth-order valence-corrected chi connectivity index (χ4v) is 8.60. The molecule has 1 atom stereocenters. The maximum Gasteiger partial charge on any atom is 0.318 e. The summed E-state index contributed by atoms with van der Waals surface area (Å²) in [5.41, 5.74) is -1.69. The van der Waals surface area contributed by atoms with Crippen LogP contribution in [0.2, 0.25) is 0 Å². The third-order valence-electron chi connectivity index (χ3n) is 9.48. The van der Waals surface area contributed by atoms with E-state index in [-0.39, 0.29) is 52.1 Å². The number of para-hydroxylation sites is 1. The monoisotopic (exact) mass is 687 g/mol. The van der Waals surface area contributed by atoms with Crippen molar-refractivity contribution in [2.45, 2.75) is 43.2 Å². The number of fused-ring (bicyclic) bond motifs is 1. The van der Waals surface area contributed by atoms with Gasteiger partial charge in [0.15, 0.2) is 5.54 Å². The summed E-state index contributed by atoms with van der Waals surface area (Å²) in [5.74, 6) is -0.836. The average Bonchev–Trinajstić information content (AvgIpc) is 3.36. The molecular formula is C35H41N7O6S. The second-order valence-corrected chi connectivity index (χ2v) is 14.1. The van der Waals surface area contributed by atoms with Crippen molar-refractivity contribution in [3.8, 4) is 17.7 Å². The summed E-state index contributed by atoms with van der Waals surface area (Å²) in [6, 6.07) is 15.5. The first-order valence-corrected chi connectivity index (χ1v) is 18.0. The summed E-state index contributed by atoms with van der Waals surface area (Å²) in [6.07, 6.45) is 3.62. The molecule has 6 rings (SSSR count). The summed E-state index contributed by atoms with van der Waals surface area (Å²) in [5, 5.41) is 12.9. The molecule has 1 N–H and O–H groups in total.